The first kappa shape index (κ1) is 10.3. The van der Waals surface area contributed by atoms with Gasteiger partial charge in [-0.1, -0.05) is 0 Å². The first-order valence-corrected chi connectivity index (χ1v) is 6.05. The van der Waals surface area contributed by atoms with Crippen molar-refractivity contribution in [3.05, 3.63) is 29.3 Å². The van der Waals surface area contributed by atoms with E-state index in [0.717, 1.165) is 28.4 Å². The molecule has 2 heterocycles. The van der Waals surface area contributed by atoms with Gasteiger partial charge in [0.2, 0.25) is 0 Å². The van der Waals surface area contributed by atoms with Crippen LogP contribution in [0.25, 0.3) is 10.6 Å². The molecule has 0 N–H and O–H groups in total. The number of thiazole rings is 1. The van der Waals surface area contributed by atoms with Crippen molar-refractivity contribution < 1.29 is 14.3 Å². The van der Waals surface area contributed by atoms with Crippen LogP contribution in [0.3, 0.4) is 0 Å². The fourth-order valence-electron chi connectivity index (χ4n) is 1.65. The molecule has 0 fully saturated rings. The Kier molecular flexibility index (Phi) is 2.53. The topological polar surface area (TPSA) is 48.4 Å². The smallest absolute Gasteiger partial charge is 0.169 e. The largest absolute Gasteiger partial charge is 0.486 e. The number of aromatic nitrogens is 1. The fraction of sp³-hybridized carbons (Fsp3) is 0.167. The molecule has 5 heteroatoms. The average Bonchev–Trinajstić information content (AvgIpc) is 2.87. The summed E-state index contributed by atoms with van der Waals surface area (Å²) >= 11 is 1.44. The highest BCUT2D eigenvalue weighted by atomic mass is 32.1. The van der Waals surface area contributed by atoms with Crippen LogP contribution < -0.4 is 9.47 Å². The summed E-state index contributed by atoms with van der Waals surface area (Å²) in [5.74, 6) is 1.49. The van der Waals surface area contributed by atoms with Crippen LogP contribution in [0.1, 0.15) is 10.5 Å². The second-order valence-corrected chi connectivity index (χ2v) is 4.41. The number of carbonyl (C=O) groups is 1. The second-order valence-electron chi connectivity index (χ2n) is 3.55. The summed E-state index contributed by atoms with van der Waals surface area (Å²) in [4.78, 5) is 14.8. The molecule has 0 aliphatic carbocycles. The van der Waals surface area contributed by atoms with Crippen molar-refractivity contribution in [2.24, 2.45) is 0 Å². The van der Waals surface area contributed by atoms with E-state index in [9.17, 15) is 4.79 Å². The van der Waals surface area contributed by atoms with E-state index in [4.69, 9.17) is 9.47 Å². The molecule has 17 heavy (non-hydrogen) atoms. The average molecular weight is 247 g/mol. The summed E-state index contributed by atoms with van der Waals surface area (Å²) < 4.78 is 10.9. The monoisotopic (exact) mass is 247 g/mol. The fourth-order valence-corrected chi connectivity index (χ4v) is 2.41. The lowest BCUT2D eigenvalue weighted by Crippen LogP contribution is -2.15. The van der Waals surface area contributed by atoms with E-state index >= 15 is 0 Å². The zero-order chi connectivity index (χ0) is 11.7. The van der Waals surface area contributed by atoms with Gasteiger partial charge in [0.15, 0.2) is 17.8 Å². The van der Waals surface area contributed by atoms with Crippen molar-refractivity contribution >= 4 is 17.6 Å². The van der Waals surface area contributed by atoms with E-state index in [1.807, 2.05) is 18.2 Å². The Hall–Kier alpha value is -1.88. The maximum absolute atomic E-state index is 10.6. The summed E-state index contributed by atoms with van der Waals surface area (Å²) in [6.07, 6.45) is 0.748. The van der Waals surface area contributed by atoms with E-state index in [1.54, 1.807) is 5.38 Å². The number of rotatable bonds is 2. The molecule has 4 nitrogen and oxygen atoms in total. The zero-order valence-electron chi connectivity index (χ0n) is 8.88. The summed E-state index contributed by atoms with van der Waals surface area (Å²) in [7, 11) is 0. The molecule has 0 saturated carbocycles. The van der Waals surface area contributed by atoms with Crippen LogP contribution in [0, 0.1) is 0 Å². The molecular formula is C12H9NO3S. The summed E-state index contributed by atoms with van der Waals surface area (Å²) in [6.45, 7) is 1.15. The predicted octanol–water partition coefficient (Wildman–Crippen LogP) is 2.39. The van der Waals surface area contributed by atoms with Crippen LogP contribution in [0.5, 0.6) is 11.5 Å². The van der Waals surface area contributed by atoms with Crippen LogP contribution in [0.4, 0.5) is 0 Å². The number of nitrogens with zero attached hydrogens (tertiary/aromatic N) is 1. The third kappa shape index (κ3) is 1.89. The highest BCUT2D eigenvalue weighted by molar-refractivity contribution is 7.13. The summed E-state index contributed by atoms with van der Waals surface area (Å²) in [5.41, 5.74) is 1.40. The minimum Gasteiger partial charge on any atom is -0.486 e. The molecule has 1 aromatic carbocycles. The maximum Gasteiger partial charge on any atom is 0.169 e. The van der Waals surface area contributed by atoms with Crippen molar-refractivity contribution in [3.63, 3.8) is 0 Å². The van der Waals surface area contributed by atoms with Gasteiger partial charge in [0.1, 0.15) is 23.9 Å². The number of hydrogen-bond acceptors (Lipinski definition) is 5. The number of hydrogen-bond donors (Lipinski definition) is 0. The second kappa shape index (κ2) is 4.18. The van der Waals surface area contributed by atoms with Crippen LogP contribution in [-0.2, 0) is 0 Å². The number of carbonyl (C=O) groups excluding carboxylic acids is 1. The number of benzene rings is 1. The lowest BCUT2D eigenvalue weighted by Gasteiger charge is -2.18. The molecule has 1 aliphatic rings. The Morgan fingerprint density at radius 2 is 2.06 bits per heavy atom. The van der Waals surface area contributed by atoms with Gasteiger partial charge in [0.25, 0.3) is 0 Å². The highest BCUT2D eigenvalue weighted by Crippen LogP contribution is 2.35. The van der Waals surface area contributed by atoms with Crippen LogP contribution >= 0.6 is 11.3 Å². The van der Waals surface area contributed by atoms with Crippen LogP contribution in [0.2, 0.25) is 0 Å². The van der Waals surface area contributed by atoms with E-state index in [0.29, 0.717) is 18.9 Å². The zero-order valence-corrected chi connectivity index (χ0v) is 9.70. The Labute approximate surface area is 102 Å². The van der Waals surface area contributed by atoms with Crippen molar-refractivity contribution in [1.82, 2.24) is 4.98 Å². The van der Waals surface area contributed by atoms with Gasteiger partial charge in [-0.25, -0.2) is 4.98 Å². The van der Waals surface area contributed by atoms with Gasteiger partial charge in [0, 0.05) is 10.9 Å². The van der Waals surface area contributed by atoms with Gasteiger partial charge in [-0.3, -0.25) is 4.79 Å². The molecule has 1 aliphatic heterocycles. The lowest BCUT2D eigenvalue weighted by atomic mass is 10.2. The molecule has 0 saturated heterocycles. The number of aldehydes is 1. The van der Waals surface area contributed by atoms with Crippen LogP contribution in [0.15, 0.2) is 23.6 Å². The summed E-state index contributed by atoms with van der Waals surface area (Å²) in [6, 6.07) is 5.68. The molecular weight excluding hydrogens is 238 g/mol. The van der Waals surface area contributed by atoms with Crippen molar-refractivity contribution in [3.8, 4) is 22.1 Å². The molecule has 3 rings (SSSR count). The predicted molar refractivity (Wildman–Crippen MR) is 63.9 cm³/mol. The maximum atomic E-state index is 10.6. The minimum absolute atomic E-state index is 0.458. The number of ether oxygens (including phenoxy) is 2. The lowest BCUT2D eigenvalue weighted by molar-refractivity contribution is 0.111. The highest BCUT2D eigenvalue weighted by Gasteiger charge is 2.13. The number of fused-ring (bicyclic) bond motifs is 1. The Balaban J connectivity index is 2.00. The van der Waals surface area contributed by atoms with Gasteiger partial charge < -0.3 is 9.47 Å². The van der Waals surface area contributed by atoms with Gasteiger partial charge in [-0.2, -0.15) is 0 Å². The minimum atomic E-state index is 0.458. The first-order chi connectivity index (χ1) is 8.36. The standard InChI is InChI=1S/C12H9NO3S/c14-6-9-7-17-12(13-9)8-1-2-10-11(5-8)16-4-3-15-10/h1-2,5-7H,3-4H2. The van der Waals surface area contributed by atoms with Gasteiger partial charge in [-0.15, -0.1) is 11.3 Å². The Morgan fingerprint density at radius 1 is 1.24 bits per heavy atom. The van der Waals surface area contributed by atoms with E-state index in [2.05, 4.69) is 4.98 Å². The van der Waals surface area contributed by atoms with E-state index < -0.39 is 0 Å². The molecule has 2 aromatic rings. The third-order valence-corrected chi connectivity index (χ3v) is 3.34. The van der Waals surface area contributed by atoms with E-state index in [-0.39, 0.29) is 0 Å². The van der Waals surface area contributed by atoms with Crippen molar-refractivity contribution in [2.45, 2.75) is 0 Å². The molecule has 86 valence electrons. The Bertz CT molecular complexity index is 565. The van der Waals surface area contributed by atoms with Crippen molar-refractivity contribution in [2.75, 3.05) is 13.2 Å². The van der Waals surface area contributed by atoms with E-state index in [1.165, 1.54) is 11.3 Å². The van der Waals surface area contributed by atoms with Crippen LogP contribution in [-0.4, -0.2) is 24.5 Å². The van der Waals surface area contributed by atoms with Gasteiger partial charge in [0.05, 0.1) is 0 Å². The molecule has 0 atom stereocenters. The van der Waals surface area contributed by atoms with Gasteiger partial charge >= 0.3 is 0 Å². The quantitative estimate of drug-likeness (QED) is 0.764. The molecule has 1 aromatic heterocycles. The molecule has 0 spiro atoms. The van der Waals surface area contributed by atoms with Gasteiger partial charge in [-0.05, 0) is 18.2 Å². The SMILES string of the molecule is O=Cc1csc(-c2ccc3c(c2)OCCO3)n1. The Morgan fingerprint density at radius 3 is 2.82 bits per heavy atom. The molecule has 0 unspecified atom stereocenters. The van der Waals surface area contributed by atoms with Crippen molar-refractivity contribution in [1.29, 1.82) is 0 Å². The first-order valence-electron chi connectivity index (χ1n) is 5.17. The molecule has 0 radical (unpaired) electrons. The third-order valence-electron chi connectivity index (χ3n) is 2.43. The summed E-state index contributed by atoms with van der Waals surface area (Å²) in [5, 5.41) is 2.54. The molecule has 0 bridgehead atoms. The molecule has 0 amide bonds. The normalized spacial score (nSPS) is 13.4.